The van der Waals surface area contributed by atoms with E-state index in [2.05, 4.69) is 10.7 Å². The number of carbonyl (C=O) groups excluding carboxylic acids is 1. The molecule has 36 heavy (non-hydrogen) atoms. The molecule has 1 aromatic heterocycles. The van der Waals surface area contributed by atoms with Crippen molar-refractivity contribution in [2.45, 2.75) is 45.1 Å². The fourth-order valence-corrected chi connectivity index (χ4v) is 5.46. The summed E-state index contributed by atoms with van der Waals surface area (Å²) in [5.41, 5.74) is 4.22. The topological polar surface area (TPSA) is 86.4 Å². The van der Waals surface area contributed by atoms with Gasteiger partial charge in [0.2, 0.25) is 4.80 Å². The number of nitrogens with one attached hydrogen (secondary N) is 1. The third kappa shape index (κ3) is 5.02. The zero-order valence-corrected chi connectivity index (χ0v) is 21.6. The number of rotatable bonds is 6. The van der Waals surface area contributed by atoms with E-state index >= 15 is 0 Å². The predicted molar refractivity (Wildman–Crippen MR) is 141 cm³/mol. The lowest BCUT2D eigenvalue weighted by molar-refractivity contribution is -0.118. The number of anilines is 1. The largest absolute Gasteiger partial charge is 0.493 e. The highest BCUT2D eigenvalue weighted by atomic mass is 32.1. The van der Waals surface area contributed by atoms with Crippen LogP contribution in [0.1, 0.15) is 44.6 Å². The summed E-state index contributed by atoms with van der Waals surface area (Å²) in [4.78, 5) is 17.8. The summed E-state index contributed by atoms with van der Waals surface area (Å²) in [5, 5.41) is 9.99. The highest BCUT2D eigenvalue weighted by Gasteiger charge is 2.19. The van der Waals surface area contributed by atoms with E-state index in [1.165, 1.54) is 19.3 Å². The van der Waals surface area contributed by atoms with Crippen LogP contribution in [0.5, 0.6) is 17.2 Å². The van der Waals surface area contributed by atoms with Crippen LogP contribution in [0, 0.1) is 0 Å². The second-order valence-corrected chi connectivity index (χ2v) is 9.78. The molecule has 8 nitrogen and oxygen atoms in total. The van der Waals surface area contributed by atoms with Crippen molar-refractivity contribution in [3.05, 3.63) is 52.1 Å². The molecule has 1 N–H and O–H groups in total. The monoisotopic (exact) mass is 506 g/mol. The Labute approximate surface area is 214 Å². The molecule has 188 valence electrons. The molecule has 0 radical (unpaired) electrons. The van der Waals surface area contributed by atoms with Gasteiger partial charge in [0.15, 0.2) is 18.1 Å². The second kappa shape index (κ2) is 10.6. The van der Waals surface area contributed by atoms with Gasteiger partial charge in [-0.1, -0.05) is 19.3 Å². The van der Waals surface area contributed by atoms with Gasteiger partial charge in [0.25, 0.3) is 5.91 Å². The molecule has 9 heteroatoms. The van der Waals surface area contributed by atoms with E-state index in [1.807, 2.05) is 48.0 Å². The number of hydrogen-bond donors (Lipinski definition) is 1. The Balaban J connectivity index is 1.60. The van der Waals surface area contributed by atoms with Gasteiger partial charge in [-0.2, -0.15) is 5.10 Å². The summed E-state index contributed by atoms with van der Waals surface area (Å²) in [7, 11) is 3.25. The molecule has 0 atom stereocenters. The van der Waals surface area contributed by atoms with Gasteiger partial charge in [-0.05, 0) is 56.2 Å². The van der Waals surface area contributed by atoms with E-state index < -0.39 is 0 Å². The van der Waals surface area contributed by atoms with Crippen LogP contribution < -0.4 is 24.3 Å². The fraction of sp³-hybridized carbons (Fsp3) is 0.370. The molecule has 0 unspecified atom stereocenters. The quantitative estimate of drug-likeness (QED) is 0.473. The van der Waals surface area contributed by atoms with E-state index in [4.69, 9.17) is 24.3 Å². The van der Waals surface area contributed by atoms with Gasteiger partial charge in [0.05, 0.1) is 37.4 Å². The first-order valence-corrected chi connectivity index (χ1v) is 13.0. The average molecular weight is 507 g/mol. The molecule has 2 heterocycles. The first-order chi connectivity index (χ1) is 17.6. The maximum Gasteiger partial charge on any atom is 0.262 e. The van der Waals surface area contributed by atoms with Crippen LogP contribution >= 0.6 is 11.3 Å². The lowest BCUT2D eigenvalue weighted by Crippen LogP contribution is -2.25. The van der Waals surface area contributed by atoms with Gasteiger partial charge < -0.3 is 19.5 Å². The van der Waals surface area contributed by atoms with Crippen LogP contribution in [0.4, 0.5) is 5.69 Å². The molecule has 0 saturated heterocycles. The van der Waals surface area contributed by atoms with E-state index in [0.717, 1.165) is 40.2 Å². The standard InChI is InChI=1S/C27H30N4O4S/c1-17(18-9-12-24(33-2)25(14-18)34-3)30-31-22(16-36-27(31)28-20-7-5-4-6-8-20)19-10-11-23-21(13-19)29-26(32)15-35-23/h9-14,16,20H,4-8,15H2,1-3H3,(H,29,32). The highest BCUT2D eigenvalue weighted by molar-refractivity contribution is 7.07. The maximum absolute atomic E-state index is 11.9. The summed E-state index contributed by atoms with van der Waals surface area (Å²) in [6.45, 7) is 2.00. The summed E-state index contributed by atoms with van der Waals surface area (Å²) in [6.07, 6.45) is 5.92. The third-order valence-corrected chi connectivity index (χ3v) is 7.34. The van der Waals surface area contributed by atoms with Gasteiger partial charge in [0.1, 0.15) is 5.75 Å². The molecule has 5 rings (SSSR count). The van der Waals surface area contributed by atoms with Gasteiger partial charge >= 0.3 is 0 Å². The Bertz CT molecular complexity index is 1370. The number of benzene rings is 2. The molecule has 0 bridgehead atoms. The highest BCUT2D eigenvalue weighted by Crippen LogP contribution is 2.33. The van der Waals surface area contributed by atoms with Crippen molar-refractivity contribution < 1.29 is 19.0 Å². The number of nitrogens with zero attached hydrogens (tertiary/aromatic N) is 3. The Morgan fingerprint density at radius 2 is 1.89 bits per heavy atom. The molecule has 2 aliphatic rings. The summed E-state index contributed by atoms with van der Waals surface area (Å²) >= 11 is 1.58. The molecule has 1 fully saturated rings. The molecule has 1 saturated carbocycles. The number of carbonyl (C=O) groups is 1. The number of hydrogen-bond acceptors (Lipinski definition) is 7. The first-order valence-electron chi connectivity index (χ1n) is 12.1. The van der Waals surface area contributed by atoms with Crippen LogP contribution in [0.15, 0.2) is 51.9 Å². The van der Waals surface area contributed by atoms with Gasteiger partial charge in [-0.25, -0.2) is 4.68 Å². The van der Waals surface area contributed by atoms with E-state index in [1.54, 1.807) is 25.6 Å². The number of aromatic nitrogens is 1. The van der Waals surface area contributed by atoms with Crippen molar-refractivity contribution in [1.29, 1.82) is 0 Å². The number of methoxy groups -OCH3 is 2. The van der Waals surface area contributed by atoms with E-state index in [-0.39, 0.29) is 12.5 Å². The zero-order valence-electron chi connectivity index (χ0n) is 20.7. The van der Waals surface area contributed by atoms with Crippen molar-refractivity contribution in [1.82, 2.24) is 4.68 Å². The predicted octanol–water partition coefficient (Wildman–Crippen LogP) is 5.07. The van der Waals surface area contributed by atoms with Crippen LogP contribution in [0.2, 0.25) is 0 Å². The van der Waals surface area contributed by atoms with Crippen molar-refractivity contribution in [3.8, 4) is 28.5 Å². The van der Waals surface area contributed by atoms with E-state index in [0.29, 0.717) is 29.0 Å². The normalized spacial score (nSPS) is 16.8. The molecule has 1 amide bonds. The molecule has 0 spiro atoms. The Morgan fingerprint density at radius 1 is 1.08 bits per heavy atom. The molecular formula is C27H30N4O4S. The lowest BCUT2D eigenvalue weighted by Gasteiger charge is -2.19. The number of amides is 1. The van der Waals surface area contributed by atoms with Gasteiger partial charge in [-0.15, -0.1) is 11.3 Å². The van der Waals surface area contributed by atoms with Crippen molar-refractivity contribution in [2.75, 3.05) is 26.1 Å². The average Bonchev–Trinajstić information content (AvgIpc) is 3.29. The minimum atomic E-state index is -0.159. The molecule has 3 aromatic rings. The Morgan fingerprint density at radius 3 is 2.67 bits per heavy atom. The number of ether oxygens (including phenoxy) is 3. The number of thiazole rings is 1. The molecule has 1 aliphatic heterocycles. The maximum atomic E-state index is 11.9. The molecule has 2 aromatic carbocycles. The summed E-state index contributed by atoms with van der Waals surface area (Å²) in [6, 6.07) is 11.9. The summed E-state index contributed by atoms with van der Waals surface area (Å²) < 4.78 is 18.3. The van der Waals surface area contributed by atoms with Crippen molar-refractivity contribution in [2.24, 2.45) is 10.1 Å². The second-order valence-electron chi connectivity index (χ2n) is 8.94. The SMILES string of the molecule is COc1ccc(C(C)=Nn2c(-c3ccc4c(c3)NC(=O)CO4)csc2=NC2CCCCC2)cc1OC. The van der Waals surface area contributed by atoms with Crippen LogP contribution in [-0.4, -0.2) is 43.2 Å². The summed E-state index contributed by atoms with van der Waals surface area (Å²) in [5.74, 6) is 1.83. The molecular weight excluding hydrogens is 476 g/mol. The third-order valence-electron chi connectivity index (χ3n) is 6.51. The minimum Gasteiger partial charge on any atom is -0.493 e. The van der Waals surface area contributed by atoms with Crippen LogP contribution in [0.3, 0.4) is 0 Å². The molecule has 1 aliphatic carbocycles. The Hall–Kier alpha value is -3.59. The minimum absolute atomic E-state index is 0.0318. The van der Waals surface area contributed by atoms with Crippen molar-refractivity contribution >= 4 is 28.6 Å². The first kappa shape index (κ1) is 24.1. The fourth-order valence-electron chi connectivity index (χ4n) is 4.56. The van der Waals surface area contributed by atoms with E-state index in [9.17, 15) is 4.79 Å². The van der Waals surface area contributed by atoms with Crippen LogP contribution in [-0.2, 0) is 4.79 Å². The number of fused-ring (bicyclic) bond motifs is 1. The van der Waals surface area contributed by atoms with Crippen LogP contribution in [0.25, 0.3) is 11.3 Å². The Kier molecular flexibility index (Phi) is 7.09. The zero-order chi connectivity index (χ0) is 25.1. The smallest absolute Gasteiger partial charge is 0.262 e. The lowest BCUT2D eigenvalue weighted by atomic mass is 9.96. The van der Waals surface area contributed by atoms with Gasteiger partial charge in [0, 0.05) is 16.5 Å². The van der Waals surface area contributed by atoms with Gasteiger partial charge in [-0.3, -0.25) is 9.79 Å². The van der Waals surface area contributed by atoms with Crippen molar-refractivity contribution in [3.63, 3.8) is 0 Å².